The van der Waals surface area contributed by atoms with E-state index < -0.39 is 5.97 Å². The van der Waals surface area contributed by atoms with Crippen LogP contribution < -0.4 is 10.2 Å². The fourth-order valence-electron chi connectivity index (χ4n) is 3.20. The van der Waals surface area contributed by atoms with E-state index in [4.69, 9.17) is 4.74 Å². The molecule has 0 bridgehead atoms. The second-order valence-corrected chi connectivity index (χ2v) is 9.70. The molecule has 1 N–H and O–H groups in total. The Balaban J connectivity index is 1.47. The Morgan fingerprint density at radius 1 is 1.19 bits per heavy atom. The van der Waals surface area contributed by atoms with E-state index in [1.807, 2.05) is 44.2 Å². The summed E-state index contributed by atoms with van der Waals surface area (Å²) in [5, 5.41) is 5.69. The summed E-state index contributed by atoms with van der Waals surface area (Å²) in [4.78, 5) is 44.2. The molecule has 0 saturated heterocycles. The highest BCUT2D eigenvalue weighted by Gasteiger charge is 2.31. The van der Waals surface area contributed by atoms with E-state index in [-0.39, 0.29) is 24.3 Å². The third-order valence-electron chi connectivity index (χ3n) is 5.19. The van der Waals surface area contributed by atoms with E-state index >= 15 is 0 Å². The first-order valence-electron chi connectivity index (χ1n) is 10.2. The van der Waals surface area contributed by atoms with Crippen LogP contribution in [0.1, 0.15) is 46.3 Å². The standard InChI is InChI=1S/C23H23N3O4S2/c1-13-14(2)32-21(25-20(28)16-9-10-16)19(13)22(29)30-11-17-12-31-23(24-17)26(15(3)27)18-7-5-4-6-8-18/h4-8,12,16H,9-11H2,1-3H3,(H,25,28). The minimum Gasteiger partial charge on any atom is -0.455 e. The Kier molecular flexibility index (Phi) is 6.38. The number of rotatable bonds is 7. The molecular formula is C23H23N3O4S2. The third-order valence-corrected chi connectivity index (χ3v) is 7.18. The van der Waals surface area contributed by atoms with Gasteiger partial charge in [-0.05, 0) is 44.4 Å². The number of anilines is 3. The molecule has 2 heterocycles. The molecule has 0 unspecified atom stereocenters. The number of thiophene rings is 1. The zero-order valence-electron chi connectivity index (χ0n) is 18.0. The Labute approximate surface area is 194 Å². The molecule has 1 aromatic carbocycles. The van der Waals surface area contributed by atoms with Gasteiger partial charge in [-0.2, -0.15) is 0 Å². The molecule has 1 saturated carbocycles. The molecule has 1 aliphatic carbocycles. The van der Waals surface area contributed by atoms with Gasteiger partial charge in [0.05, 0.1) is 16.9 Å². The van der Waals surface area contributed by atoms with Crippen molar-refractivity contribution in [2.24, 2.45) is 5.92 Å². The van der Waals surface area contributed by atoms with Crippen LogP contribution in [0.5, 0.6) is 0 Å². The minimum atomic E-state index is -0.501. The monoisotopic (exact) mass is 469 g/mol. The number of carbonyl (C=O) groups is 3. The first-order chi connectivity index (χ1) is 15.3. The number of aryl methyl sites for hydroxylation is 1. The first kappa shape index (κ1) is 22.2. The van der Waals surface area contributed by atoms with Crippen LogP contribution in [0.2, 0.25) is 0 Å². The number of aromatic nitrogens is 1. The Morgan fingerprint density at radius 2 is 1.91 bits per heavy atom. The quantitative estimate of drug-likeness (QED) is 0.480. The summed E-state index contributed by atoms with van der Waals surface area (Å²) in [6.45, 7) is 5.21. The highest BCUT2D eigenvalue weighted by atomic mass is 32.1. The van der Waals surface area contributed by atoms with Crippen molar-refractivity contribution in [2.45, 2.75) is 40.2 Å². The average Bonchev–Trinajstić information content (AvgIpc) is 3.46. The van der Waals surface area contributed by atoms with Crippen molar-refractivity contribution in [3.63, 3.8) is 0 Å². The molecule has 4 rings (SSSR count). The number of hydrogen-bond acceptors (Lipinski definition) is 7. The Morgan fingerprint density at radius 3 is 2.56 bits per heavy atom. The molecular weight excluding hydrogens is 446 g/mol. The Bertz CT molecular complexity index is 1170. The minimum absolute atomic E-state index is 0.0276. The van der Waals surface area contributed by atoms with Crippen LogP contribution in [0.3, 0.4) is 0 Å². The lowest BCUT2D eigenvalue weighted by atomic mass is 10.1. The maximum absolute atomic E-state index is 12.9. The molecule has 2 amide bonds. The number of thiazole rings is 1. The van der Waals surface area contributed by atoms with E-state index in [0.717, 1.165) is 29.0 Å². The van der Waals surface area contributed by atoms with Crippen molar-refractivity contribution in [1.29, 1.82) is 0 Å². The lowest BCUT2D eigenvalue weighted by Gasteiger charge is -2.17. The molecule has 3 aromatic rings. The second kappa shape index (κ2) is 9.22. The summed E-state index contributed by atoms with van der Waals surface area (Å²) >= 11 is 2.69. The number of hydrogen-bond donors (Lipinski definition) is 1. The van der Waals surface area contributed by atoms with Gasteiger partial charge in [-0.1, -0.05) is 18.2 Å². The van der Waals surface area contributed by atoms with E-state index in [0.29, 0.717) is 21.4 Å². The summed E-state index contributed by atoms with van der Waals surface area (Å²) in [6, 6.07) is 9.26. The lowest BCUT2D eigenvalue weighted by molar-refractivity contribution is -0.117. The van der Waals surface area contributed by atoms with Crippen LogP contribution in [-0.4, -0.2) is 22.8 Å². The van der Waals surface area contributed by atoms with Gasteiger partial charge in [0.25, 0.3) is 0 Å². The van der Waals surface area contributed by atoms with Crippen molar-refractivity contribution < 1.29 is 19.1 Å². The molecule has 1 fully saturated rings. The summed E-state index contributed by atoms with van der Waals surface area (Å²) in [5.74, 6) is -0.660. The number of nitrogens with zero attached hydrogens (tertiary/aromatic N) is 2. The number of ether oxygens (including phenoxy) is 1. The highest BCUT2D eigenvalue weighted by molar-refractivity contribution is 7.16. The number of carbonyl (C=O) groups excluding carboxylic acids is 3. The molecule has 166 valence electrons. The normalized spacial score (nSPS) is 13.0. The number of nitrogens with one attached hydrogen (secondary N) is 1. The number of amides is 2. The van der Waals surface area contributed by atoms with Crippen molar-refractivity contribution >= 4 is 56.3 Å². The lowest BCUT2D eigenvalue weighted by Crippen LogP contribution is -2.22. The van der Waals surface area contributed by atoms with Crippen LogP contribution in [0.15, 0.2) is 35.7 Å². The molecule has 2 aromatic heterocycles. The summed E-state index contributed by atoms with van der Waals surface area (Å²) in [6.07, 6.45) is 1.78. The molecule has 32 heavy (non-hydrogen) atoms. The van der Waals surface area contributed by atoms with Gasteiger partial charge >= 0.3 is 5.97 Å². The van der Waals surface area contributed by atoms with E-state index in [9.17, 15) is 14.4 Å². The molecule has 9 heteroatoms. The molecule has 0 spiro atoms. The predicted octanol–water partition coefficient (Wildman–Crippen LogP) is 5.21. The zero-order valence-corrected chi connectivity index (χ0v) is 19.6. The van der Waals surface area contributed by atoms with Gasteiger partial charge in [-0.15, -0.1) is 22.7 Å². The van der Waals surface area contributed by atoms with Gasteiger partial charge in [-0.25, -0.2) is 9.78 Å². The third kappa shape index (κ3) is 4.73. The van der Waals surface area contributed by atoms with Crippen molar-refractivity contribution in [2.75, 3.05) is 10.2 Å². The van der Waals surface area contributed by atoms with Crippen LogP contribution in [-0.2, 0) is 20.9 Å². The fourth-order valence-corrected chi connectivity index (χ4v) is 5.12. The largest absolute Gasteiger partial charge is 0.455 e. The van der Waals surface area contributed by atoms with Crippen molar-refractivity contribution in [3.05, 3.63) is 57.4 Å². The predicted molar refractivity (Wildman–Crippen MR) is 126 cm³/mol. The van der Waals surface area contributed by atoms with Gasteiger partial charge in [0.1, 0.15) is 11.6 Å². The summed E-state index contributed by atoms with van der Waals surface area (Å²) in [7, 11) is 0. The topological polar surface area (TPSA) is 88.6 Å². The highest BCUT2D eigenvalue weighted by Crippen LogP contribution is 2.36. The van der Waals surface area contributed by atoms with Crippen LogP contribution >= 0.6 is 22.7 Å². The zero-order chi connectivity index (χ0) is 22.8. The van der Waals surface area contributed by atoms with Crippen LogP contribution in [0, 0.1) is 19.8 Å². The fraction of sp³-hybridized carbons (Fsp3) is 0.304. The molecule has 7 nitrogen and oxygen atoms in total. The second-order valence-electron chi connectivity index (χ2n) is 7.64. The smallest absolute Gasteiger partial charge is 0.341 e. The molecule has 0 radical (unpaired) electrons. The van der Waals surface area contributed by atoms with Crippen molar-refractivity contribution in [3.8, 4) is 0 Å². The van der Waals surface area contributed by atoms with E-state index in [2.05, 4.69) is 10.3 Å². The maximum atomic E-state index is 12.9. The van der Waals surface area contributed by atoms with Gasteiger partial charge in [0.2, 0.25) is 11.8 Å². The van der Waals surface area contributed by atoms with Gasteiger partial charge in [0.15, 0.2) is 5.13 Å². The number of esters is 1. The SMILES string of the molecule is CC(=O)N(c1ccccc1)c1nc(COC(=O)c2c(NC(=O)C3CC3)sc(C)c2C)cs1. The van der Waals surface area contributed by atoms with Crippen LogP contribution in [0.25, 0.3) is 0 Å². The van der Waals surface area contributed by atoms with Crippen LogP contribution in [0.4, 0.5) is 15.8 Å². The van der Waals surface area contributed by atoms with Gasteiger partial charge in [0, 0.05) is 23.1 Å². The van der Waals surface area contributed by atoms with E-state index in [1.165, 1.54) is 34.5 Å². The number of para-hydroxylation sites is 1. The van der Waals surface area contributed by atoms with Crippen molar-refractivity contribution in [1.82, 2.24) is 4.98 Å². The average molecular weight is 470 g/mol. The molecule has 0 aliphatic heterocycles. The summed E-state index contributed by atoms with van der Waals surface area (Å²) in [5.41, 5.74) is 2.47. The first-order valence-corrected chi connectivity index (χ1v) is 11.9. The van der Waals surface area contributed by atoms with Gasteiger partial charge in [-0.3, -0.25) is 14.5 Å². The van der Waals surface area contributed by atoms with E-state index in [1.54, 1.807) is 5.38 Å². The molecule has 0 atom stereocenters. The molecule has 1 aliphatic rings. The Hall–Kier alpha value is -3.04. The summed E-state index contributed by atoms with van der Waals surface area (Å²) < 4.78 is 5.52. The maximum Gasteiger partial charge on any atom is 0.341 e. The number of benzene rings is 1. The van der Waals surface area contributed by atoms with Gasteiger partial charge < -0.3 is 10.1 Å².